The van der Waals surface area contributed by atoms with E-state index in [9.17, 15) is 9.18 Å². The monoisotopic (exact) mass is 345 g/mol. The van der Waals surface area contributed by atoms with E-state index >= 15 is 0 Å². The van der Waals surface area contributed by atoms with E-state index in [1.807, 2.05) is 0 Å². The van der Waals surface area contributed by atoms with Crippen LogP contribution in [-0.4, -0.2) is 15.7 Å². The number of nitrogens with one attached hydrogen (secondary N) is 1. The first-order valence-electron chi connectivity index (χ1n) is 5.43. The number of benzene rings is 1. The van der Waals surface area contributed by atoms with Gasteiger partial charge in [-0.2, -0.15) is 5.10 Å². The maximum absolute atomic E-state index is 13.6. The summed E-state index contributed by atoms with van der Waals surface area (Å²) in [6, 6.07) is 3.52. The van der Waals surface area contributed by atoms with Crippen LogP contribution in [0.15, 0.2) is 35.1 Å². The summed E-state index contributed by atoms with van der Waals surface area (Å²) in [6.07, 6.45) is 3.25. The molecule has 0 aliphatic heterocycles. The number of amides is 1. The molecule has 1 aromatic heterocycles. The SMILES string of the molecule is CC(C(=O)Nc1ccc(Cl)cc1F)n1cc(Br)cn1. The minimum Gasteiger partial charge on any atom is -0.322 e. The van der Waals surface area contributed by atoms with Crippen molar-refractivity contribution >= 4 is 39.1 Å². The van der Waals surface area contributed by atoms with Gasteiger partial charge in [-0.05, 0) is 41.1 Å². The summed E-state index contributed by atoms with van der Waals surface area (Å²) >= 11 is 8.89. The van der Waals surface area contributed by atoms with E-state index in [-0.39, 0.29) is 16.6 Å². The van der Waals surface area contributed by atoms with Gasteiger partial charge in [-0.3, -0.25) is 9.48 Å². The van der Waals surface area contributed by atoms with Crippen LogP contribution < -0.4 is 5.32 Å². The molecule has 0 aliphatic rings. The number of aromatic nitrogens is 2. The summed E-state index contributed by atoms with van der Waals surface area (Å²) < 4.78 is 15.8. The molecule has 0 saturated carbocycles. The predicted octanol–water partition coefficient (Wildman–Crippen LogP) is 3.64. The molecule has 1 atom stereocenters. The lowest BCUT2D eigenvalue weighted by Gasteiger charge is -2.13. The van der Waals surface area contributed by atoms with Crippen LogP contribution in [0.3, 0.4) is 0 Å². The molecule has 4 nitrogen and oxygen atoms in total. The summed E-state index contributed by atoms with van der Waals surface area (Å²) in [4.78, 5) is 12.0. The number of anilines is 1. The van der Waals surface area contributed by atoms with Gasteiger partial charge in [0.25, 0.3) is 0 Å². The first-order valence-corrected chi connectivity index (χ1v) is 6.60. The Bertz CT molecular complexity index is 617. The van der Waals surface area contributed by atoms with Crippen molar-refractivity contribution in [1.82, 2.24) is 9.78 Å². The number of rotatable bonds is 3. The highest BCUT2D eigenvalue weighted by Gasteiger charge is 2.17. The van der Waals surface area contributed by atoms with Gasteiger partial charge < -0.3 is 5.32 Å². The third kappa shape index (κ3) is 3.33. The molecule has 0 saturated heterocycles. The van der Waals surface area contributed by atoms with Crippen LogP contribution in [0.4, 0.5) is 10.1 Å². The van der Waals surface area contributed by atoms with E-state index in [0.717, 1.165) is 10.5 Å². The van der Waals surface area contributed by atoms with Crippen molar-refractivity contribution in [1.29, 1.82) is 0 Å². The van der Waals surface area contributed by atoms with E-state index in [0.29, 0.717) is 0 Å². The van der Waals surface area contributed by atoms with Crippen molar-refractivity contribution in [3.63, 3.8) is 0 Å². The van der Waals surface area contributed by atoms with Crippen molar-refractivity contribution < 1.29 is 9.18 Å². The Morgan fingerprint density at radius 1 is 1.58 bits per heavy atom. The number of carbonyl (C=O) groups excluding carboxylic acids is 1. The Hall–Kier alpha value is -1.40. The Labute approximate surface area is 122 Å². The Kier molecular flexibility index (Phi) is 4.21. The highest BCUT2D eigenvalue weighted by Crippen LogP contribution is 2.20. The van der Waals surface area contributed by atoms with E-state index in [1.165, 1.54) is 16.8 Å². The lowest BCUT2D eigenvalue weighted by Crippen LogP contribution is -2.24. The van der Waals surface area contributed by atoms with Crippen molar-refractivity contribution in [3.05, 3.63) is 45.9 Å². The second-order valence-corrected chi connectivity index (χ2v) is 5.28. The number of carbonyl (C=O) groups is 1. The fourth-order valence-electron chi connectivity index (χ4n) is 1.47. The molecule has 0 radical (unpaired) electrons. The fourth-order valence-corrected chi connectivity index (χ4v) is 1.93. The van der Waals surface area contributed by atoms with Crippen molar-refractivity contribution in [3.8, 4) is 0 Å². The first kappa shape index (κ1) is 14.0. The highest BCUT2D eigenvalue weighted by atomic mass is 79.9. The minimum absolute atomic E-state index is 0.0903. The van der Waals surface area contributed by atoms with Crippen LogP contribution in [0.5, 0.6) is 0 Å². The van der Waals surface area contributed by atoms with Crippen molar-refractivity contribution in [2.45, 2.75) is 13.0 Å². The number of hydrogen-bond acceptors (Lipinski definition) is 2. The van der Waals surface area contributed by atoms with Crippen LogP contribution in [0.2, 0.25) is 5.02 Å². The molecule has 1 N–H and O–H groups in total. The summed E-state index contributed by atoms with van der Waals surface area (Å²) in [7, 11) is 0. The first-order chi connectivity index (χ1) is 8.97. The zero-order valence-electron chi connectivity index (χ0n) is 9.90. The molecule has 0 spiro atoms. The zero-order valence-corrected chi connectivity index (χ0v) is 12.2. The van der Waals surface area contributed by atoms with Crippen LogP contribution in [0, 0.1) is 5.82 Å². The Morgan fingerprint density at radius 2 is 2.32 bits per heavy atom. The zero-order chi connectivity index (χ0) is 14.0. The van der Waals surface area contributed by atoms with Gasteiger partial charge in [0.1, 0.15) is 11.9 Å². The molecule has 1 unspecified atom stereocenters. The number of halogens is 3. The fraction of sp³-hybridized carbons (Fsp3) is 0.167. The molecular weight excluding hydrogens is 337 g/mol. The molecule has 1 amide bonds. The molecule has 7 heteroatoms. The lowest BCUT2D eigenvalue weighted by molar-refractivity contribution is -0.119. The van der Waals surface area contributed by atoms with Gasteiger partial charge in [0.2, 0.25) is 5.91 Å². The Morgan fingerprint density at radius 3 is 2.89 bits per heavy atom. The maximum Gasteiger partial charge on any atom is 0.249 e. The molecule has 100 valence electrons. The maximum atomic E-state index is 13.6. The summed E-state index contributed by atoms with van der Waals surface area (Å²) in [6.45, 7) is 1.67. The third-order valence-electron chi connectivity index (χ3n) is 2.54. The molecule has 19 heavy (non-hydrogen) atoms. The molecule has 0 bridgehead atoms. The molecule has 2 aromatic rings. The quantitative estimate of drug-likeness (QED) is 0.922. The molecule has 1 heterocycles. The van der Waals surface area contributed by atoms with E-state index < -0.39 is 11.9 Å². The summed E-state index contributed by atoms with van der Waals surface area (Å²) in [5, 5.41) is 6.78. The smallest absolute Gasteiger partial charge is 0.249 e. The molecule has 1 aromatic carbocycles. The van der Waals surface area contributed by atoms with Gasteiger partial charge in [0, 0.05) is 11.2 Å². The van der Waals surface area contributed by atoms with Gasteiger partial charge in [-0.15, -0.1) is 0 Å². The second kappa shape index (κ2) is 5.71. The average molecular weight is 347 g/mol. The predicted molar refractivity (Wildman–Crippen MR) is 74.7 cm³/mol. The van der Waals surface area contributed by atoms with Crippen molar-refractivity contribution in [2.75, 3.05) is 5.32 Å². The second-order valence-electron chi connectivity index (χ2n) is 3.93. The normalized spacial score (nSPS) is 12.2. The van der Waals surface area contributed by atoms with E-state index in [2.05, 4.69) is 26.3 Å². The summed E-state index contributed by atoms with van der Waals surface area (Å²) in [5.41, 5.74) is 0.0903. The van der Waals surface area contributed by atoms with E-state index in [1.54, 1.807) is 19.3 Å². The Balaban J connectivity index is 2.12. The van der Waals surface area contributed by atoms with Gasteiger partial charge in [0.15, 0.2) is 0 Å². The van der Waals surface area contributed by atoms with Gasteiger partial charge >= 0.3 is 0 Å². The molecule has 2 rings (SSSR count). The third-order valence-corrected chi connectivity index (χ3v) is 3.18. The number of hydrogen-bond donors (Lipinski definition) is 1. The van der Waals surface area contributed by atoms with Gasteiger partial charge in [-0.25, -0.2) is 4.39 Å². The van der Waals surface area contributed by atoms with Crippen LogP contribution in [-0.2, 0) is 4.79 Å². The molecule has 0 fully saturated rings. The molecule has 0 aliphatic carbocycles. The standard InChI is InChI=1S/C12H10BrClFN3O/c1-7(18-6-8(13)5-16-18)12(19)17-11-3-2-9(14)4-10(11)15/h2-7H,1H3,(H,17,19). The van der Waals surface area contributed by atoms with Crippen molar-refractivity contribution in [2.24, 2.45) is 0 Å². The topological polar surface area (TPSA) is 46.9 Å². The van der Waals surface area contributed by atoms with Crippen LogP contribution in [0.25, 0.3) is 0 Å². The molecular formula is C12H10BrClFN3O. The minimum atomic E-state index is -0.574. The lowest BCUT2D eigenvalue weighted by atomic mass is 10.2. The highest BCUT2D eigenvalue weighted by molar-refractivity contribution is 9.10. The van der Waals surface area contributed by atoms with Crippen LogP contribution >= 0.6 is 27.5 Å². The van der Waals surface area contributed by atoms with Crippen LogP contribution in [0.1, 0.15) is 13.0 Å². The van der Waals surface area contributed by atoms with E-state index in [4.69, 9.17) is 11.6 Å². The largest absolute Gasteiger partial charge is 0.322 e. The number of nitrogens with zero attached hydrogens (tertiary/aromatic N) is 2. The average Bonchev–Trinajstić information content (AvgIpc) is 2.78. The van der Waals surface area contributed by atoms with Gasteiger partial charge in [0.05, 0.1) is 16.4 Å². The van der Waals surface area contributed by atoms with Gasteiger partial charge in [-0.1, -0.05) is 11.6 Å². The summed E-state index contributed by atoms with van der Waals surface area (Å²) in [5.74, 6) is -0.938.